The van der Waals surface area contributed by atoms with Gasteiger partial charge in [0.15, 0.2) is 12.2 Å². The number of aliphatic hydroxyl groups is 1. The van der Waals surface area contributed by atoms with Gasteiger partial charge in [-0.25, -0.2) is 4.79 Å². The van der Waals surface area contributed by atoms with Crippen LogP contribution in [0.2, 0.25) is 0 Å². The minimum absolute atomic E-state index is 0.0233. The fraction of sp³-hybridized carbons (Fsp3) is 0.667. The first-order chi connectivity index (χ1) is 8.47. The van der Waals surface area contributed by atoms with Crippen LogP contribution in [0.4, 0.5) is 0 Å². The Morgan fingerprint density at radius 3 is 3.06 bits per heavy atom. The van der Waals surface area contributed by atoms with Crippen LogP contribution in [0.3, 0.4) is 0 Å². The third-order valence-electron chi connectivity index (χ3n) is 4.00. The first-order valence-corrected chi connectivity index (χ1v) is 5.83. The molecule has 0 aliphatic carbocycles. The zero-order valence-electron chi connectivity index (χ0n) is 9.92. The van der Waals surface area contributed by atoms with Crippen LogP contribution in [-0.2, 0) is 23.8 Å². The summed E-state index contributed by atoms with van der Waals surface area (Å²) in [4.78, 5) is 23.3. The highest BCUT2D eigenvalue weighted by molar-refractivity contribution is 5.88. The van der Waals surface area contributed by atoms with E-state index in [4.69, 9.17) is 19.3 Å². The van der Waals surface area contributed by atoms with Gasteiger partial charge in [0.2, 0.25) is 0 Å². The van der Waals surface area contributed by atoms with Crippen molar-refractivity contribution in [3.8, 4) is 0 Å². The molecule has 0 spiro atoms. The summed E-state index contributed by atoms with van der Waals surface area (Å²) in [6, 6.07) is 0. The third-order valence-corrected chi connectivity index (χ3v) is 4.00. The van der Waals surface area contributed by atoms with Crippen LogP contribution in [0, 0.1) is 5.41 Å². The predicted molar refractivity (Wildman–Crippen MR) is 57.4 cm³/mol. The van der Waals surface area contributed by atoms with Crippen molar-refractivity contribution in [2.24, 2.45) is 5.41 Å². The number of carbonyl (C=O) groups excluding carboxylic acids is 2. The van der Waals surface area contributed by atoms with Gasteiger partial charge in [-0.15, -0.1) is 0 Å². The number of rotatable bonds is 3. The molecule has 98 valence electrons. The van der Waals surface area contributed by atoms with E-state index in [2.05, 4.69) is 6.58 Å². The van der Waals surface area contributed by atoms with Gasteiger partial charge < -0.3 is 19.3 Å². The Bertz CT molecular complexity index is 444. The Balaban J connectivity index is 1.77. The minimum Gasteiger partial charge on any atom is -0.455 e. The van der Waals surface area contributed by atoms with Gasteiger partial charge in [-0.1, -0.05) is 6.58 Å². The maximum absolute atomic E-state index is 11.7. The number of fused-ring (bicyclic) bond motifs is 1. The highest BCUT2D eigenvalue weighted by Crippen LogP contribution is 2.55. The van der Waals surface area contributed by atoms with E-state index in [0.29, 0.717) is 6.42 Å². The quantitative estimate of drug-likeness (QED) is 0.542. The SMILES string of the molecule is C=C(CO)C(=O)OC1C2CC3(C)C(=O)OC1C3O2. The van der Waals surface area contributed by atoms with Gasteiger partial charge in [-0.05, 0) is 13.3 Å². The van der Waals surface area contributed by atoms with Crippen molar-refractivity contribution in [3.05, 3.63) is 12.2 Å². The molecule has 3 heterocycles. The van der Waals surface area contributed by atoms with Gasteiger partial charge in [-0.3, -0.25) is 4.79 Å². The van der Waals surface area contributed by atoms with Gasteiger partial charge in [0, 0.05) is 0 Å². The maximum atomic E-state index is 11.7. The van der Waals surface area contributed by atoms with E-state index in [1.54, 1.807) is 0 Å². The molecule has 0 amide bonds. The topological polar surface area (TPSA) is 82.1 Å². The molecule has 0 saturated carbocycles. The van der Waals surface area contributed by atoms with Crippen LogP contribution in [0.25, 0.3) is 0 Å². The van der Waals surface area contributed by atoms with Crippen molar-refractivity contribution in [2.75, 3.05) is 6.61 Å². The zero-order chi connectivity index (χ0) is 13.1. The lowest BCUT2D eigenvalue weighted by molar-refractivity contribution is -0.158. The predicted octanol–water partition coefficient (Wildman–Crippen LogP) is -0.451. The zero-order valence-corrected chi connectivity index (χ0v) is 9.92. The molecule has 3 saturated heterocycles. The van der Waals surface area contributed by atoms with Crippen molar-refractivity contribution in [1.29, 1.82) is 0 Å². The van der Waals surface area contributed by atoms with E-state index in [1.165, 1.54) is 0 Å². The van der Waals surface area contributed by atoms with Gasteiger partial charge in [-0.2, -0.15) is 0 Å². The van der Waals surface area contributed by atoms with Crippen molar-refractivity contribution < 1.29 is 28.9 Å². The molecule has 3 rings (SSSR count). The van der Waals surface area contributed by atoms with Crippen LogP contribution < -0.4 is 0 Å². The fourth-order valence-corrected chi connectivity index (χ4v) is 2.94. The maximum Gasteiger partial charge on any atom is 0.336 e. The Labute approximate surface area is 104 Å². The second kappa shape index (κ2) is 3.55. The third kappa shape index (κ3) is 1.30. The molecule has 6 nitrogen and oxygen atoms in total. The lowest BCUT2D eigenvalue weighted by atomic mass is 9.76. The fourth-order valence-electron chi connectivity index (χ4n) is 2.94. The molecular formula is C12H14O6. The molecule has 0 radical (unpaired) electrons. The summed E-state index contributed by atoms with van der Waals surface area (Å²) in [5, 5.41) is 8.81. The van der Waals surface area contributed by atoms with Crippen LogP contribution in [0.1, 0.15) is 13.3 Å². The molecule has 6 heteroatoms. The van der Waals surface area contributed by atoms with Crippen LogP contribution in [-0.4, -0.2) is 48.1 Å². The Kier molecular flexibility index (Phi) is 2.30. The first kappa shape index (κ1) is 11.7. The van der Waals surface area contributed by atoms with E-state index < -0.39 is 30.2 Å². The van der Waals surface area contributed by atoms with Gasteiger partial charge in [0.25, 0.3) is 0 Å². The van der Waals surface area contributed by atoms with Crippen molar-refractivity contribution in [1.82, 2.24) is 0 Å². The number of hydrogen-bond donors (Lipinski definition) is 1. The first-order valence-electron chi connectivity index (χ1n) is 5.83. The summed E-state index contributed by atoms with van der Waals surface area (Å²) in [5.74, 6) is -0.970. The molecule has 3 aliphatic heterocycles. The molecule has 0 aromatic carbocycles. The number of ether oxygens (including phenoxy) is 3. The Morgan fingerprint density at radius 2 is 2.39 bits per heavy atom. The number of aliphatic hydroxyl groups excluding tert-OH is 1. The van der Waals surface area contributed by atoms with Crippen molar-refractivity contribution in [3.63, 3.8) is 0 Å². The Hall–Kier alpha value is -1.40. The summed E-state index contributed by atoms with van der Waals surface area (Å²) in [7, 11) is 0. The van der Waals surface area contributed by atoms with E-state index in [9.17, 15) is 9.59 Å². The molecule has 0 aromatic rings. The number of esters is 2. The van der Waals surface area contributed by atoms with Gasteiger partial charge >= 0.3 is 11.9 Å². The monoisotopic (exact) mass is 254 g/mol. The lowest BCUT2D eigenvalue weighted by Crippen LogP contribution is -2.43. The molecule has 0 aromatic heterocycles. The molecule has 5 unspecified atom stereocenters. The molecule has 5 atom stereocenters. The Morgan fingerprint density at radius 1 is 1.67 bits per heavy atom. The van der Waals surface area contributed by atoms with E-state index in [-0.39, 0.29) is 23.8 Å². The molecule has 2 bridgehead atoms. The molecule has 3 aliphatic rings. The molecule has 3 fully saturated rings. The summed E-state index contributed by atoms with van der Waals surface area (Å²) >= 11 is 0. The number of carbonyl (C=O) groups is 2. The lowest BCUT2D eigenvalue weighted by Gasteiger charge is -2.25. The van der Waals surface area contributed by atoms with Crippen LogP contribution in [0.15, 0.2) is 12.2 Å². The van der Waals surface area contributed by atoms with Crippen LogP contribution >= 0.6 is 0 Å². The van der Waals surface area contributed by atoms with E-state index in [1.807, 2.05) is 6.92 Å². The van der Waals surface area contributed by atoms with E-state index in [0.717, 1.165) is 0 Å². The smallest absolute Gasteiger partial charge is 0.336 e. The summed E-state index contributed by atoms with van der Waals surface area (Å²) < 4.78 is 16.1. The van der Waals surface area contributed by atoms with Crippen LogP contribution in [0.5, 0.6) is 0 Å². The second-order valence-corrected chi connectivity index (χ2v) is 5.22. The highest BCUT2D eigenvalue weighted by atomic mass is 16.7. The largest absolute Gasteiger partial charge is 0.455 e. The average Bonchev–Trinajstić information content (AvgIpc) is 2.89. The summed E-state index contributed by atoms with van der Waals surface area (Å²) in [6.45, 7) is 4.75. The summed E-state index contributed by atoms with van der Waals surface area (Å²) in [6.07, 6.45) is -1.28. The van der Waals surface area contributed by atoms with Gasteiger partial charge in [0.05, 0.1) is 17.6 Å². The van der Waals surface area contributed by atoms with Crippen molar-refractivity contribution >= 4 is 11.9 Å². The second-order valence-electron chi connectivity index (χ2n) is 5.22. The van der Waals surface area contributed by atoms with Crippen molar-refractivity contribution in [2.45, 2.75) is 37.8 Å². The minimum atomic E-state index is -0.677. The number of hydrogen-bond acceptors (Lipinski definition) is 6. The van der Waals surface area contributed by atoms with Gasteiger partial charge in [0.1, 0.15) is 12.2 Å². The summed E-state index contributed by atoms with van der Waals surface area (Å²) in [5.41, 5.74) is -0.628. The molecule has 1 N–H and O–H groups in total. The molecule has 18 heavy (non-hydrogen) atoms. The highest BCUT2D eigenvalue weighted by Gasteiger charge is 2.71. The molecular weight excluding hydrogens is 240 g/mol. The normalized spacial score (nSPS) is 44.0. The average molecular weight is 254 g/mol. The van der Waals surface area contributed by atoms with E-state index >= 15 is 0 Å². The standard InChI is InChI=1S/C12H14O6/c1-5(4-13)10(14)17-7-6-3-12(2)9(16-6)8(7)18-11(12)15/h6-9,13H,1,3-4H2,2H3.